The minimum Gasteiger partial charge on any atom is -0.461 e. The summed E-state index contributed by atoms with van der Waals surface area (Å²) in [6, 6.07) is 4.76. The largest absolute Gasteiger partial charge is 0.461 e. The van der Waals surface area contributed by atoms with E-state index in [0.29, 0.717) is 0 Å². The van der Waals surface area contributed by atoms with Gasteiger partial charge in [-0.1, -0.05) is 30.3 Å². The number of nitrogens with one attached hydrogen (secondary N) is 1. The Bertz CT molecular complexity index is 708. The lowest BCUT2D eigenvalue weighted by atomic mass is 9.98. The van der Waals surface area contributed by atoms with Crippen LogP contribution in [0.4, 0.5) is 13.2 Å². The molecule has 0 aromatic heterocycles. The van der Waals surface area contributed by atoms with Crippen LogP contribution in [0.5, 0.6) is 0 Å². The summed E-state index contributed by atoms with van der Waals surface area (Å²) in [4.78, 5) is 12.5. The zero-order valence-corrected chi connectivity index (χ0v) is 12.7. The van der Waals surface area contributed by atoms with E-state index >= 15 is 0 Å². The summed E-state index contributed by atoms with van der Waals surface area (Å²) in [6.45, 7) is 3.49. The molecule has 0 spiro atoms. The molecule has 1 unspecified atom stereocenters. The summed E-state index contributed by atoms with van der Waals surface area (Å²) < 4.78 is 44.2. The van der Waals surface area contributed by atoms with Crippen LogP contribution in [0.1, 0.15) is 24.0 Å². The van der Waals surface area contributed by atoms with Crippen LogP contribution in [0.25, 0.3) is 5.57 Å². The Kier molecular flexibility index (Phi) is 3.88. The van der Waals surface area contributed by atoms with E-state index in [1.165, 1.54) is 12.1 Å². The smallest absolute Gasteiger partial charge is 0.416 e. The lowest BCUT2D eigenvalue weighted by molar-refractivity contribution is -0.137. The monoisotopic (exact) mass is 343 g/mol. The van der Waals surface area contributed by atoms with Gasteiger partial charge in [-0.15, -0.1) is 0 Å². The number of rotatable bonds is 4. The van der Waals surface area contributed by atoms with Gasteiger partial charge in [0.2, 0.25) is 5.78 Å². The minimum absolute atomic E-state index is 0.00734. The van der Waals surface area contributed by atoms with E-state index in [1.54, 1.807) is 0 Å². The molecular formula is C16H13ClF3NO2. The first-order valence-electron chi connectivity index (χ1n) is 7.01. The van der Waals surface area contributed by atoms with Crippen LogP contribution in [-0.2, 0) is 15.7 Å². The van der Waals surface area contributed by atoms with E-state index in [2.05, 4.69) is 11.9 Å². The van der Waals surface area contributed by atoms with Gasteiger partial charge in [-0.2, -0.15) is 13.2 Å². The Hall–Kier alpha value is -1.95. The van der Waals surface area contributed by atoms with E-state index in [0.717, 1.165) is 25.0 Å². The molecule has 0 bridgehead atoms. The highest BCUT2D eigenvalue weighted by molar-refractivity contribution is 6.36. The van der Waals surface area contributed by atoms with Crippen molar-refractivity contribution in [3.8, 4) is 0 Å². The van der Waals surface area contributed by atoms with Crippen LogP contribution in [-0.4, -0.2) is 17.9 Å². The predicted molar refractivity (Wildman–Crippen MR) is 79.4 cm³/mol. The number of ketones is 1. The maximum Gasteiger partial charge on any atom is 0.416 e. The van der Waals surface area contributed by atoms with Gasteiger partial charge < -0.3 is 10.1 Å². The maximum atomic E-state index is 12.9. The Morgan fingerprint density at radius 2 is 2.04 bits per heavy atom. The van der Waals surface area contributed by atoms with Crippen LogP contribution in [0.15, 0.2) is 41.8 Å². The fraction of sp³-hybridized carbons (Fsp3) is 0.312. The average Bonchev–Trinajstić information content (AvgIpc) is 3.21. The molecule has 122 valence electrons. The van der Waals surface area contributed by atoms with Gasteiger partial charge in [-0.05, 0) is 30.5 Å². The first kappa shape index (κ1) is 15.9. The van der Waals surface area contributed by atoms with E-state index in [1.807, 2.05) is 0 Å². The van der Waals surface area contributed by atoms with Crippen molar-refractivity contribution < 1.29 is 22.7 Å². The quantitative estimate of drug-likeness (QED) is 0.902. The summed E-state index contributed by atoms with van der Waals surface area (Å²) in [6.07, 6.45) is -3.73. The van der Waals surface area contributed by atoms with Crippen LogP contribution in [0.3, 0.4) is 0 Å². The molecule has 1 aromatic carbocycles. The lowest BCUT2D eigenvalue weighted by Crippen LogP contribution is -2.20. The summed E-state index contributed by atoms with van der Waals surface area (Å²) in [5.74, 6) is -0.323. The third-order valence-corrected chi connectivity index (χ3v) is 3.82. The zero-order chi connectivity index (χ0) is 16.8. The van der Waals surface area contributed by atoms with Gasteiger partial charge in [0.1, 0.15) is 0 Å². The van der Waals surface area contributed by atoms with Gasteiger partial charge in [0.25, 0.3) is 0 Å². The molecule has 23 heavy (non-hydrogen) atoms. The third-order valence-electron chi connectivity index (χ3n) is 3.62. The van der Waals surface area contributed by atoms with Crippen molar-refractivity contribution in [2.45, 2.75) is 31.2 Å². The lowest BCUT2D eigenvalue weighted by Gasteiger charge is -2.11. The summed E-state index contributed by atoms with van der Waals surface area (Å²) in [7, 11) is 0. The summed E-state index contributed by atoms with van der Waals surface area (Å²) >= 11 is 5.78. The molecule has 1 aromatic rings. The van der Waals surface area contributed by atoms with Crippen molar-refractivity contribution in [3.05, 3.63) is 52.9 Å². The minimum atomic E-state index is -4.49. The number of ether oxygens (including phenoxy) is 1. The Balaban J connectivity index is 2.02. The van der Waals surface area contributed by atoms with E-state index in [-0.39, 0.29) is 28.1 Å². The van der Waals surface area contributed by atoms with Gasteiger partial charge in [0.05, 0.1) is 16.2 Å². The molecule has 1 heterocycles. The predicted octanol–water partition coefficient (Wildman–Crippen LogP) is 3.85. The van der Waals surface area contributed by atoms with Gasteiger partial charge in [-0.25, -0.2) is 0 Å². The molecule has 3 nitrogen and oxygen atoms in total. The van der Waals surface area contributed by atoms with Crippen molar-refractivity contribution in [2.24, 2.45) is 0 Å². The number of alkyl halides is 3. The zero-order valence-electron chi connectivity index (χ0n) is 11.9. The molecule has 0 saturated heterocycles. The normalized spacial score (nSPS) is 21.4. The molecule has 2 aliphatic rings. The van der Waals surface area contributed by atoms with Gasteiger partial charge in [0, 0.05) is 6.04 Å². The van der Waals surface area contributed by atoms with Crippen molar-refractivity contribution in [1.82, 2.24) is 5.32 Å². The number of hydrogen-bond acceptors (Lipinski definition) is 3. The standard InChI is InChI=1S/C16H13ClF3NO2/c1-8(17)14-13(22)12(15(23-14)21-11-5-6-11)9-3-2-4-10(7-9)16(18,19)20/h2-4,7,11,14,21H,1,5-6H2. The highest BCUT2D eigenvalue weighted by atomic mass is 35.5. The number of hydrogen-bond donors (Lipinski definition) is 1. The van der Waals surface area contributed by atoms with E-state index in [9.17, 15) is 18.0 Å². The van der Waals surface area contributed by atoms with Gasteiger partial charge in [-0.3, -0.25) is 4.79 Å². The average molecular weight is 344 g/mol. The van der Waals surface area contributed by atoms with Crippen molar-refractivity contribution in [3.63, 3.8) is 0 Å². The number of carbonyl (C=O) groups is 1. The van der Waals surface area contributed by atoms with Crippen LogP contribution in [0, 0.1) is 0 Å². The molecule has 0 amide bonds. The van der Waals surface area contributed by atoms with E-state index in [4.69, 9.17) is 16.3 Å². The fourth-order valence-corrected chi connectivity index (χ4v) is 2.47. The molecule has 3 rings (SSSR count). The maximum absolute atomic E-state index is 12.9. The topological polar surface area (TPSA) is 38.3 Å². The highest BCUT2D eigenvalue weighted by Gasteiger charge is 2.40. The second kappa shape index (κ2) is 5.60. The fourth-order valence-electron chi connectivity index (χ4n) is 2.32. The molecule has 0 radical (unpaired) electrons. The number of benzene rings is 1. The highest BCUT2D eigenvalue weighted by Crippen LogP contribution is 2.37. The second-order valence-corrected chi connectivity index (χ2v) is 6.00. The molecule has 7 heteroatoms. The molecule has 1 aliphatic heterocycles. The molecule has 1 fully saturated rings. The number of carbonyl (C=O) groups excluding carboxylic acids is 1. The van der Waals surface area contributed by atoms with Crippen molar-refractivity contribution in [2.75, 3.05) is 0 Å². The van der Waals surface area contributed by atoms with Crippen molar-refractivity contribution >= 4 is 23.0 Å². The summed E-state index contributed by atoms with van der Waals surface area (Å²) in [5.41, 5.74) is -0.600. The molecular weight excluding hydrogens is 331 g/mol. The Morgan fingerprint density at radius 3 is 2.61 bits per heavy atom. The van der Waals surface area contributed by atoms with Gasteiger partial charge >= 0.3 is 6.18 Å². The van der Waals surface area contributed by atoms with E-state index < -0.39 is 23.6 Å². The second-order valence-electron chi connectivity index (χ2n) is 5.51. The number of Topliss-reactive ketones (excluding diaryl/α,β-unsaturated/α-hetero) is 1. The first-order valence-corrected chi connectivity index (χ1v) is 7.39. The number of halogens is 4. The van der Waals surface area contributed by atoms with Crippen molar-refractivity contribution in [1.29, 1.82) is 0 Å². The van der Waals surface area contributed by atoms with Crippen LogP contribution >= 0.6 is 11.6 Å². The third kappa shape index (κ3) is 3.22. The SMILES string of the molecule is C=C(Cl)C1OC(NC2CC2)=C(c2cccc(C(F)(F)F)c2)C1=O. The van der Waals surface area contributed by atoms with Crippen LogP contribution < -0.4 is 5.32 Å². The molecule has 1 saturated carbocycles. The molecule has 1 N–H and O–H groups in total. The molecule has 1 atom stereocenters. The van der Waals surface area contributed by atoms with Crippen LogP contribution in [0.2, 0.25) is 0 Å². The molecule has 1 aliphatic carbocycles. The Morgan fingerprint density at radius 1 is 1.35 bits per heavy atom. The van der Waals surface area contributed by atoms with Gasteiger partial charge in [0.15, 0.2) is 12.0 Å². The Labute approximate surface area is 135 Å². The first-order chi connectivity index (χ1) is 10.8. The summed E-state index contributed by atoms with van der Waals surface area (Å²) in [5, 5.41) is 3.02.